The maximum absolute atomic E-state index is 12.1. The van der Waals surface area contributed by atoms with Crippen LogP contribution in [-0.4, -0.2) is 27.5 Å². The van der Waals surface area contributed by atoms with Crippen molar-refractivity contribution in [1.29, 1.82) is 0 Å². The summed E-state index contributed by atoms with van der Waals surface area (Å²) in [5, 5.41) is 12.3. The van der Waals surface area contributed by atoms with Crippen molar-refractivity contribution in [1.82, 2.24) is 9.78 Å². The summed E-state index contributed by atoms with van der Waals surface area (Å²) in [6, 6.07) is 0.820. The molecular weight excluding hydrogens is 163 g/mol. The zero-order valence-electron chi connectivity index (χ0n) is 6.57. The summed E-state index contributed by atoms with van der Waals surface area (Å²) in [5.41, 5.74) is 0.0140. The Morgan fingerprint density at radius 1 is 1.92 bits per heavy atom. The highest BCUT2D eigenvalue weighted by Gasteiger charge is 2.14. The number of hydrogen-bond acceptors (Lipinski definition) is 2. The van der Waals surface area contributed by atoms with Crippen molar-refractivity contribution in [3.63, 3.8) is 0 Å². The highest BCUT2D eigenvalue weighted by molar-refractivity contribution is 5.85. The molecule has 1 heterocycles. The van der Waals surface area contributed by atoms with E-state index in [1.165, 1.54) is 12.3 Å². The number of carboxylic acid groups (broad SMARTS) is 1. The number of nitrogens with zero attached hydrogens (tertiary/aromatic N) is 2. The third-order valence-corrected chi connectivity index (χ3v) is 1.53. The minimum absolute atomic E-state index is 0.0140. The fourth-order valence-corrected chi connectivity index (χ4v) is 0.900. The van der Waals surface area contributed by atoms with E-state index < -0.39 is 18.7 Å². The lowest BCUT2D eigenvalue weighted by Gasteiger charge is -2.08. The summed E-state index contributed by atoms with van der Waals surface area (Å²) < 4.78 is 13.3. The van der Waals surface area contributed by atoms with Gasteiger partial charge in [0.05, 0.1) is 6.04 Å². The van der Waals surface area contributed by atoms with Crippen LogP contribution in [0.15, 0.2) is 12.3 Å². The number of aromatic nitrogens is 2. The first-order valence-corrected chi connectivity index (χ1v) is 3.49. The molecule has 1 rings (SSSR count). The van der Waals surface area contributed by atoms with Crippen LogP contribution >= 0.6 is 0 Å². The van der Waals surface area contributed by atoms with E-state index in [1.807, 2.05) is 0 Å². The molecule has 0 bridgehead atoms. The SMILES string of the molecule is CC(CF)n1nccc1C(=O)O. The molecule has 0 saturated carbocycles. The highest BCUT2D eigenvalue weighted by atomic mass is 19.1. The minimum atomic E-state index is -1.09. The number of carboxylic acids is 1. The fraction of sp³-hybridized carbons (Fsp3) is 0.429. The Labute approximate surface area is 68.6 Å². The van der Waals surface area contributed by atoms with Gasteiger partial charge in [0.15, 0.2) is 0 Å². The zero-order valence-corrected chi connectivity index (χ0v) is 6.57. The van der Waals surface area contributed by atoms with E-state index in [9.17, 15) is 9.18 Å². The van der Waals surface area contributed by atoms with Crippen molar-refractivity contribution >= 4 is 5.97 Å². The Bertz CT molecular complexity index is 285. The summed E-state index contributed by atoms with van der Waals surface area (Å²) >= 11 is 0. The summed E-state index contributed by atoms with van der Waals surface area (Å²) in [6.07, 6.45) is 1.34. The Morgan fingerprint density at radius 3 is 3.08 bits per heavy atom. The van der Waals surface area contributed by atoms with Crippen molar-refractivity contribution in [2.45, 2.75) is 13.0 Å². The van der Waals surface area contributed by atoms with Gasteiger partial charge in [0.2, 0.25) is 0 Å². The standard InChI is InChI=1S/C7H9FN2O2/c1-5(4-8)10-6(7(11)12)2-3-9-10/h2-3,5H,4H2,1H3,(H,11,12). The Kier molecular flexibility index (Phi) is 2.42. The maximum atomic E-state index is 12.1. The van der Waals surface area contributed by atoms with E-state index in [0.29, 0.717) is 0 Å². The van der Waals surface area contributed by atoms with Gasteiger partial charge >= 0.3 is 5.97 Å². The lowest BCUT2D eigenvalue weighted by molar-refractivity contribution is 0.0679. The molecule has 0 aliphatic heterocycles. The third-order valence-electron chi connectivity index (χ3n) is 1.53. The molecule has 0 spiro atoms. The minimum Gasteiger partial charge on any atom is -0.477 e. The maximum Gasteiger partial charge on any atom is 0.354 e. The van der Waals surface area contributed by atoms with Gasteiger partial charge < -0.3 is 5.11 Å². The Balaban J connectivity index is 2.98. The topological polar surface area (TPSA) is 55.1 Å². The van der Waals surface area contributed by atoms with E-state index in [4.69, 9.17) is 5.11 Å². The van der Waals surface area contributed by atoms with Gasteiger partial charge in [-0.15, -0.1) is 0 Å². The molecule has 1 atom stereocenters. The summed E-state index contributed by atoms with van der Waals surface area (Å²) in [5.74, 6) is -1.09. The van der Waals surface area contributed by atoms with Crippen molar-refractivity contribution < 1.29 is 14.3 Å². The number of aromatic carboxylic acids is 1. The molecule has 0 radical (unpaired) electrons. The predicted octanol–water partition coefficient (Wildman–Crippen LogP) is 1.11. The molecule has 0 saturated heterocycles. The van der Waals surface area contributed by atoms with E-state index >= 15 is 0 Å². The second-order valence-electron chi connectivity index (χ2n) is 2.47. The van der Waals surface area contributed by atoms with Crippen LogP contribution in [0, 0.1) is 0 Å². The molecular formula is C7H9FN2O2. The van der Waals surface area contributed by atoms with Gasteiger partial charge in [-0.05, 0) is 13.0 Å². The van der Waals surface area contributed by atoms with E-state index in [-0.39, 0.29) is 5.69 Å². The van der Waals surface area contributed by atoms with E-state index in [2.05, 4.69) is 5.10 Å². The third kappa shape index (κ3) is 1.44. The van der Waals surface area contributed by atoms with Gasteiger partial charge in [-0.25, -0.2) is 9.18 Å². The average molecular weight is 172 g/mol. The molecule has 0 aromatic carbocycles. The molecule has 1 N–H and O–H groups in total. The van der Waals surface area contributed by atoms with Gasteiger partial charge in [0, 0.05) is 6.20 Å². The molecule has 5 heteroatoms. The number of rotatable bonds is 3. The summed E-state index contributed by atoms with van der Waals surface area (Å²) in [7, 11) is 0. The van der Waals surface area contributed by atoms with Crippen LogP contribution in [-0.2, 0) is 0 Å². The molecule has 0 fully saturated rings. The average Bonchev–Trinajstić information content (AvgIpc) is 2.50. The van der Waals surface area contributed by atoms with Crippen LogP contribution in [0.3, 0.4) is 0 Å². The number of alkyl halides is 1. The number of halogens is 1. The van der Waals surface area contributed by atoms with Crippen LogP contribution in [0.4, 0.5) is 4.39 Å². The summed E-state index contributed by atoms with van der Waals surface area (Å²) in [4.78, 5) is 10.5. The smallest absolute Gasteiger partial charge is 0.354 e. The number of hydrogen-bond donors (Lipinski definition) is 1. The zero-order chi connectivity index (χ0) is 9.14. The molecule has 0 amide bonds. The van der Waals surface area contributed by atoms with Crippen LogP contribution in [0.5, 0.6) is 0 Å². The van der Waals surface area contributed by atoms with Crippen LogP contribution in [0.2, 0.25) is 0 Å². The Morgan fingerprint density at radius 2 is 2.58 bits per heavy atom. The molecule has 12 heavy (non-hydrogen) atoms. The van der Waals surface area contributed by atoms with Gasteiger partial charge in [-0.1, -0.05) is 0 Å². The van der Waals surface area contributed by atoms with Gasteiger partial charge in [0.25, 0.3) is 0 Å². The van der Waals surface area contributed by atoms with Gasteiger partial charge in [-0.3, -0.25) is 4.68 Å². The van der Waals surface area contributed by atoms with Gasteiger partial charge in [0.1, 0.15) is 12.4 Å². The predicted molar refractivity (Wildman–Crippen MR) is 39.9 cm³/mol. The molecule has 66 valence electrons. The van der Waals surface area contributed by atoms with Crippen molar-refractivity contribution in [3.8, 4) is 0 Å². The molecule has 1 aromatic heterocycles. The largest absolute Gasteiger partial charge is 0.477 e. The first-order valence-electron chi connectivity index (χ1n) is 3.49. The van der Waals surface area contributed by atoms with Gasteiger partial charge in [-0.2, -0.15) is 5.10 Å². The normalized spacial score (nSPS) is 12.8. The van der Waals surface area contributed by atoms with E-state index in [0.717, 1.165) is 4.68 Å². The molecule has 0 aliphatic rings. The van der Waals surface area contributed by atoms with E-state index in [1.54, 1.807) is 6.92 Å². The lowest BCUT2D eigenvalue weighted by Crippen LogP contribution is -2.15. The van der Waals surface area contributed by atoms with Crippen LogP contribution in [0.1, 0.15) is 23.5 Å². The lowest BCUT2D eigenvalue weighted by atomic mass is 10.3. The van der Waals surface area contributed by atoms with Crippen LogP contribution < -0.4 is 0 Å². The Hall–Kier alpha value is -1.39. The monoisotopic (exact) mass is 172 g/mol. The number of carbonyl (C=O) groups is 1. The molecule has 1 unspecified atom stereocenters. The first-order chi connectivity index (χ1) is 5.66. The highest BCUT2D eigenvalue weighted by Crippen LogP contribution is 2.08. The van der Waals surface area contributed by atoms with Crippen molar-refractivity contribution in [2.24, 2.45) is 0 Å². The molecule has 1 aromatic rings. The molecule has 0 aliphatic carbocycles. The quantitative estimate of drug-likeness (QED) is 0.743. The summed E-state index contributed by atoms with van der Waals surface area (Å²) in [6.45, 7) is 0.946. The fourth-order valence-electron chi connectivity index (χ4n) is 0.900. The first kappa shape index (κ1) is 8.70. The van der Waals surface area contributed by atoms with Crippen molar-refractivity contribution in [3.05, 3.63) is 18.0 Å². The molecule has 4 nitrogen and oxygen atoms in total. The van der Waals surface area contributed by atoms with Crippen LogP contribution in [0.25, 0.3) is 0 Å². The second kappa shape index (κ2) is 3.34. The van der Waals surface area contributed by atoms with Crippen molar-refractivity contribution in [2.75, 3.05) is 6.67 Å². The second-order valence-corrected chi connectivity index (χ2v) is 2.47.